The van der Waals surface area contributed by atoms with Gasteiger partial charge in [0.25, 0.3) is 0 Å². The highest BCUT2D eigenvalue weighted by molar-refractivity contribution is 5.84. The molecule has 0 radical (unpaired) electrons. The number of carbonyl (C=O) groups is 1. The lowest BCUT2D eigenvalue weighted by Crippen LogP contribution is -1.99. The molecule has 0 aliphatic heterocycles. The molecule has 0 fully saturated rings. The molecule has 0 amide bonds. The van der Waals surface area contributed by atoms with E-state index < -0.39 is 5.97 Å². The van der Waals surface area contributed by atoms with Gasteiger partial charge in [-0.15, -0.1) is 0 Å². The Bertz CT molecular complexity index is 542. The molecular formula is C14H17NO2. The number of benzene rings is 1. The normalized spacial score (nSPS) is 12.8. The SMILES string of the molecule is CC(CCC(=O)O)c1cn(C)c2ccccc12. The summed E-state index contributed by atoms with van der Waals surface area (Å²) in [6.07, 6.45) is 3.02. The quantitative estimate of drug-likeness (QED) is 0.878. The maximum absolute atomic E-state index is 10.6. The average Bonchev–Trinajstić information content (AvgIpc) is 2.65. The standard InChI is InChI=1S/C14H17NO2/c1-10(7-8-14(16)17)12-9-15(2)13-6-4-3-5-11(12)13/h3-6,9-10H,7-8H2,1-2H3,(H,16,17). The summed E-state index contributed by atoms with van der Waals surface area (Å²) < 4.78 is 2.10. The molecule has 1 N–H and O–H groups in total. The summed E-state index contributed by atoms with van der Waals surface area (Å²) in [5.41, 5.74) is 2.44. The second kappa shape index (κ2) is 4.62. The number of carboxylic acid groups (broad SMARTS) is 1. The van der Waals surface area contributed by atoms with Crippen molar-refractivity contribution in [2.24, 2.45) is 7.05 Å². The van der Waals surface area contributed by atoms with Crippen molar-refractivity contribution >= 4 is 16.9 Å². The number of aromatic nitrogens is 1. The van der Waals surface area contributed by atoms with Crippen molar-refractivity contribution in [3.8, 4) is 0 Å². The van der Waals surface area contributed by atoms with Crippen LogP contribution in [0.25, 0.3) is 10.9 Å². The molecule has 0 saturated carbocycles. The Hall–Kier alpha value is -1.77. The second-order valence-corrected chi connectivity index (χ2v) is 4.55. The van der Waals surface area contributed by atoms with E-state index in [2.05, 4.69) is 29.8 Å². The third kappa shape index (κ3) is 2.33. The summed E-state index contributed by atoms with van der Waals surface area (Å²) in [6.45, 7) is 2.09. The highest BCUT2D eigenvalue weighted by Gasteiger charge is 2.13. The number of hydrogen-bond acceptors (Lipinski definition) is 1. The fourth-order valence-corrected chi connectivity index (χ4v) is 2.26. The van der Waals surface area contributed by atoms with E-state index in [4.69, 9.17) is 5.11 Å². The van der Waals surface area contributed by atoms with Crippen LogP contribution < -0.4 is 0 Å². The zero-order chi connectivity index (χ0) is 12.4. The first kappa shape index (κ1) is 11.7. The lowest BCUT2D eigenvalue weighted by Gasteiger charge is -2.08. The lowest BCUT2D eigenvalue weighted by molar-refractivity contribution is -0.137. The number of rotatable bonds is 4. The summed E-state index contributed by atoms with van der Waals surface area (Å²) in [5, 5.41) is 9.95. The molecule has 2 rings (SSSR count). The summed E-state index contributed by atoms with van der Waals surface area (Å²) >= 11 is 0. The summed E-state index contributed by atoms with van der Waals surface area (Å²) in [7, 11) is 2.02. The monoisotopic (exact) mass is 231 g/mol. The van der Waals surface area contributed by atoms with Gasteiger partial charge in [0.05, 0.1) is 0 Å². The minimum absolute atomic E-state index is 0.227. The van der Waals surface area contributed by atoms with Crippen LogP contribution >= 0.6 is 0 Å². The molecule has 0 aliphatic rings. The van der Waals surface area contributed by atoms with E-state index in [1.807, 2.05) is 19.2 Å². The number of hydrogen-bond donors (Lipinski definition) is 1. The first-order valence-electron chi connectivity index (χ1n) is 5.85. The van der Waals surface area contributed by atoms with Gasteiger partial charge in [0, 0.05) is 30.6 Å². The van der Waals surface area contributed by atoms with E-state index in [1.54, 1.807) is 0 Å². The molecule has 90 valence electrons. The summed E-state index contributed by atoms with van der Waals surface area (Å²) in [6, 6.07) is 8.23. The second-order valence-electron chi connectivity index (χ2n) is 4.55. The first-order chi connectivity index (χ1) is 8.09. The Balaban J connectivity index is 2.32. The van der Waals surface area contributed by atoms with Crippen molar-refractivity contribution in [3.05, 3.63) is 36.0 Å². The highest BCUT2D eigenvalue weighted by Crippen LogP contribution is 2.29. The van der Waals surface area contributed by atoms with Gasteiger partial charge in [-0.1, -0.05) is 25.1 Å². The fourth-order valence-electron chi connectivity index (χ4n) is 2.26. The van der Waals surface area contributed by atoms with Gasteiger partial charge in [-0.25, -0.2) is 0 Å². The Labute approximate surface area is 101 Å². The number of aryl methyl sites for hydroxylation is 1. The van der Waals surface area contributed by atoms with Crippen LogP contribution in [-0.4, -0.2) is 15.6 Å². The predicted octanol–water partition coefficient (Wildman–Crippen LogP) is 3.15. The number of aliphatic carboxylic acids is 1. The van der Waals surface area contributed by atoms with E-state index >= 15 is 0 Å². The average molecular weight is 231 g/mol. The predicted molar refractivity (Wildman–Crippen MR) is 68.2 cm³/mol. The molecule has 1 aromatic carbocycles. The zero-order valence-corrected chi connectivity index (χ0v) is 10.2. The van der Waals surface area contributed by atoms with Gasteiger partial charge in [0.1, 0.15) is 0 Å². The largest absolute Gasteiger partial charge is 0.481 e. The molecule has 0 saturated heterocycles. The van der Waals surface area contributed by atoms with Crippen molar-refractivity contribution in [2.75, 3.05) is 0 Å². The van der Waals surface area contributed by atoms with E-state index in [0.717, 1.165) is 0 Å². The highest BCUT2D eigenvalue weighted by atomic mass is 16.4. The number of carboxylic acids is 1. The smallest absolute Gasteiger partial charge is 0.303 e. The van der Waals surface area contributed by atoms with Crippen LogP contribution in [0, 0.1) is 0 Å². The van der Waals surface area contributed by atoms with Crippen molar-refractivity contribution in [3.63, 3.8) is 0 Å². The first-order valence-corrected chi connectivity index (χ1v) is 5.85. The number of para-hydroxylation sites is 1. The van der Waals surface area contributed by atoms with Crippen LogP contribution in [0.2, 0.25) is 0 Å². The molecule has 1 aromatic heterocycles. The number of nitrogens with zero attached hydrogens (tertiary/aromatic N) is 1. The van der Waals surface area contributed by atoms with E-state index in [0.29, 0.717) is 6.42 Å². The topological polar surface area (TPSA) is 42.2 Å². The third-order valence-electron chi connectivity index (χ3n) is 3.25. The zero-order valence-electron chi connectivity index (χ0n) is 10.2. The molecule has 0 spiro atoms. The van der Waals surface area contributed by atoms with Crippen molar-refractivity contribution in [2.45, 2.75) is 25.7 Å². The Morgan fingerprint density at radius 3 is 2.82 bits per heavy atom. The minimum Gasteiger partial charge on any atom is -0.481 e. The van der Waals surface area contributed by atoms with Gasteiger partial charge in [-0.3, -0.25) is 4.79 Å². The Morgan fingerprint density at radius 2 is 2.12 bits per heavy atom. The van der Waals surface area contributed by atoms with E-state index in [9.17, 15) is 4.79 Å². The van der Waals surface area contributed by atoms with Gasteiger partial charge in [-0.2, -0.15) is 0 Å². The van der Waals surface area contributed by atoms with Crippen LogP contribution in [0.5, 0.6) is 0 Å². The maximum Gasteiger partial charge on any atom is 0.303 e. The van der Waals surface area contributed by atoms with Crippen molar-refractivity contribution in [1.29, 1.82) is 0 Å². The fraction of sp³-hybridized carbons (Fsp3) is 0.357. The molecule has 1 heterocycles. The number of fused-ring (bicyclic) bond motifs is 1. The third-order valence-corrected chi connectivity index (χ3v) is 3.25. The van der Waals surface area contributed by atoms with Crippen LogP contribution in [0.15, 0.2) is 30.5 Å². The van der Waals surface area contributed by atoms with E-state index in [-0.39, 0.29) is 12.3 Å². The molecule has 0 aliphatic carbocycles. The molecule has 1 unspecified atom stereocenters. The summed E-state index contributed by atoms with van der Waals surface area (Å²) in [5.74, 6) is -0.450. The minimum atomic E-state index is -0.725. The van der Waals surface area contributed by atoms with Crippen molar-refractivity contribution < 1.29 is 9.90 Å². The molecule has 1 atom stereocenters. The Kier molecular flexibility index (Phi) is 3.18. The van der Waals surface area contributed by atoms with Crippen LogP contribution in [0.4, 0.5) is 0 Å². The molecule has 2 aromatic rings. The molecular weight excluding hydrogens is 214 g/mol. The maximum atomic E-state index is 10.6. The van der Waals surface area contributed by atoms with Crippen LogP contribution in [-0.2, 0) is 11.8 Å². The van der Waals surface area contributed by atoms with Gasteiger partial charge < -0.3 is 9.67 Å². The molecule has 0 bridgehead atoms. The van der Waals surface area contributed by atoms with Crippen LogP contribution in [0.3, 0.4) is 0 Å². The molecule has 17 heavy (non-hydrogen) atoms. The molecule has 3 heteroatoms. The summed E-state index contributed by atoms with van der Waals surface area (Å²) in [4.78, 5) is 10.6. The Morgan fingerprint density at radius 1 is 1.41 bits per heavy atom. The van der Waals surface area contributed by atoms with Gasteiger partial charge in [-0.05, 0) is 24.0 Å². The van der Waals surface area contributed by atoms with Gasteiger partial charge in [0.2, 0.25) is 0 Å². The lowest BCUT2D eigenvalue weighted by atomic mass is 9.96. The van der Waals surface area contributed by atoms with Crippen molar-refractivity contribution in [1.82, 2.24) is 4.57 Å². The van der Waals surface area contributed by atoms with Crippen LogP contribution in [0.1, 0.15) is 31.2 Å². The van der Waals surface area contributed by atoms with Gasteiger partial charge >= 0.3 is 5.97 Å². The van der Waals surface area contributed by atoms with E-state index in [1.165, 1.54) is 16.5 Å². The van der Waals surface area contributed by atoms with Gasteiger partial charge in [0.15, 0.2) is 0 Å². The molecule has 3 nitrogen and oxygen atoms in total.